The van der Waals surface area contributed by atoms with Crippen LogP contribution in [0.15, 0.2) is 48.7 Å². The van der Waals surface area contributed by atoms with Crippen LogP contribution < -0.4 is 5.32 Å². The van der Waals surface area contributed by atoms with Gasteiger partial charge in [0, 0.05) is 6.20 Å². The molecule has 0 aliphatic heterocycles. The number of aromatic nitrogens is 1. The van der Waals surface area contributed by atoms with Crippen LogP contribution in [0, 0.1) is 0 Å². The van der Waals surface area contributed by atoms with E-state index in [4.69, 9.17) is 16.3 Å². The molecule has 0 fully saturated rings. The zero-order valence-corrected chi connectivity index (χ0v) is 13.0. The van der Waals surface area contributed by atoms with Gasteiger partial charge in [0.25, 0.3) is 5.91 Å². The topological polar surface area (TPSA) is 88.5 Å². The number of nitrogens with one attached hydrogen (secondary N) is 1. The zero-order chi connectivity index (χ0) is 16.8. The summed E-state index contributed by atoms with van der Waals surface area (Å²) < 4.78 is 4.97. The highest BCUT2D eigenvalue weighted by Gasteiger charge is 2.24. The minimum Gasteiger partial charge on any atom is -0.450 e. The summed E-state index contributed by atoms with van der Waals surface area (Å²) in [4.78, 5) is 27.7. The molecule has 0 spiro atoms. The molecular weight excluding hydrogens is 320 g/mol. The van der Waals surface area contributed by atoms with Crippen molar-refractivity contribution in [2.45, 2.75) is 19.1 Å². The number of anilines is 1. The fraction of sp³-hybridized carbons (Fsp3) is 0.188. The van der Waals surface area contributed by atoms with Gasteiger partial charge in [0.15, 0.2) is 12.2 Å². The van der Waals surface area contributed by atoms with E-state index in [0.29, 0.717) is 10.6 Å². The summed E-state index contributed by atoms with van der Waals surface area (Å²) in [6, 6.07) is 11.4. The number of rotatable bonds is 5. The van der Waals surface area contributed by atoms with Crippen LogP contribution in [0.5, 0.6) is 0 Å². The number of aliphatic hydroxyl groups is 1. The summed E-state index contributed by atoms with van der Waals surface area (Å²) in [6.07, 6.45) is -1.15. The van der Waals surface area contributed by atoms with Crippen molar-refractivity contribution in [3.63, 3.8) is 0 Å². The number of benzene rings is 1. The first-order chi connectivity index (χ1) is 11.0. The Balaban J connectivity index is 1.92. The Hall–Kier alpha value is -2.44. The van der Waals surface area contributed by atoms with Gasteiger partial charge in [0.1, 0.15) is 5.82 Å². The van der Waals surface area contributed by atoms with Gasteiger partial charge in [-0.05, 0) is 24.6 Å². The van der Waals surface area contributed by atoms with Crippen LogP contribution in [0.2, 0.25) is 5.02 Å². The van der Waals surface area contributed by atoms with Crippen molar-refractivity contribution in [3.05, 3.63) is 59.2 Å². The van der Waals surface area contributed by atoms with Gasteiger partial charge in [-0.1, -0.05) is 41.9 Å². The summed E-state index contributed by atoms with van der Waals surface area (Å²) in [5, 5.41) is 12.8. The van der Waals surface area contributed by atoms with Crippen molar-refractivity contribution in [1.29, 1.82) is 0 Å². The molecule has 0 radical (unpaired) electrons. The second-order valence-corrected chi connectivity index (χ2v) is 5.18. The standard InChI is InChI=1S/C16H15ClN2O4/c1-10(15(21)19-13-8-7-12(17)9-18-13)23-16(22)14(20)11-5-3-2-4-6-11/h2-10,14,20H,1H3,(H,18,19,21)/t10-,14-/m0/s1. The third-order valence-electron chi connectivity index (χ3n) is 2.98. The van der Waals surface area contributed by atoms with Gasteiger partial charge >= 0.3 is 5.97 Å². The average molecular weight is 335 g/mol. The third-order valence-corrected chi connectivity index (χ3v) is 3.20. The molecule has 0 aliphatic rings. The smallest absolute Gasteiger partial charge is 0.340 e. The summed E-state index contributed by atoms with van der Waals surface area (Å²) in [5.41, 5.74) is 0.393. The van der Waals surface area contributed by atoms with E-state index in [1.54, 1.807) is 36.4 Å². The number of aliphatic hydroxyl groups excluding tert-OH is 1. The molecule has 120 valence electrons. The number of esters is 1. The third kappa shape index (κ3) is 4.77. The molecule has 1 aromatic carbocycles. The molecule has 2 rings (SSSR count). The van der Waals surface area contributed by atoms with Gasteiger partial charge in [-0.15, -0.1) is 0 Å². The maximum absolute atomic E-state index is 11.9. The van der Waals surface area contributed by atoms with Crippen LogP contribution in [-0.2, 0) is 14.3 Å². The molecule has 0 aliphatic carbocycles. The van der Waals surface area contributed by atoms with Crippen LogP contribution in [0.4, 0.5) is 5.82 Å². The Morgan fingerprint density at radius 1 is 1.22 bits per heavy atom. The summed E-state index contributed by atoms with van der Waals surface area (Å²) in [6.45, 7) is 1.40. The lowest BCUT2D eigenvalue weighted by Crippen LogP contribution is -2.32. The highest BCUT2D eigenvalue weighted by atomic mass is 35.5. The molecule has 2 aromatic rings. The normalized spacial score (nSPS) is 13.0. The predicted octanol–water partition coefficient (Wildman–Crippen LogP) is 2.34. The van der Waals surface area contributed by atoms with Crippen molar-refractivity contribution in [1.82, 2.24) is 4.98 Å². The second kappa shape index (κ2) is 7.71. The molecule has 0 saturated carbocycles. The first kappa shape index (κ1) is 16.9. The number of hydrogen-bond acceptors (Lipinski definition) is 5. The summed E-state index contributed by atoms with van der Waals surface area (Å²) in [7, 11) is 0. The van der Waals surface area contributed by atoms with Crippen LogP contribution in [-0.4, -0.2) is 28.1 Å². The highest BCUT2D eigenvalue weighted by Crippen LogP contribution is 2.15. The number of amides is 1. The fourth-order valence-corrected chi connectivity index (χ4v) is 1.85. The fourth-order valence-electron chi connectivity index (χ4n) is 1.74. The van der Waals surface area contributed by atoms with E-state index in [0.717, 1.165) is 0 Å². The Bertz CT molecular complexity index is 676. The van der Waals surface area contributed by atoms with Gasteiger partial charge in [0.05, 0.1) is 5.02 Å². The van der Waals surface area contributed by atoms with Crippen LogP contribution in [0.1, 0.15) is 18.6 Å². The van der Waals surface area contributed by atoms with Gasteiger partial charge in [-0.2, -0.15) is 0 Å². The van der Waals surface area contributed by atoms with Gasteiger partial charge < -0.3 is 15.2 Å². The van der Waals surface area contributed by atoms with Gasteiger partial charge in [-0.25, -0.2) is 9.78 Å². The Morgan fingerprint density at radius 2 is 1.91 bits per heavy atom. The summed E-state index contributed by atoms with van der Waals surface area (Å²) in [5.74, 6) is -1.18. The maximum Gasteiger partial charge on any atom is 0.340 e. The largest absolute Gasteiger partial charge is 0.450 e. The molecule has 2 N–H and O–H groups in total. The van der Waals surface area contributed by atoms with Gasteiger partial charge in [-0.3, -0.25) is 4.79 Å². The van der Waals surface area contributed by atoms with Crippen LogP contribution in [0.3, 0.4) is 0 Å². The number of halogens is 1. The van der Waals surface area contributed by atoms with Crippen molar-refractivity contribution in [2.24, 2.45) is 0 Å². The average Bonchev–Trinajstić information content (AvgIpc) is 2.56. The first-order valence-corrected chi connectivity index (χ1v) is 7.21. The molecule has 0 saturated heterocycles. The minimum absolute atomic E-state index is 0.283. The van der Waals surface area contributed by atoms with Crippen LogP contribution >= 0.6 is 11.6 Å². The highest BCUT2D eigenvalue weighted by molar-refractivity contribution is 6.30. The molecule has 2 atom stereocenters. The van der Waals surface area contributed by atoms with Crippen molar-refractivity contribution in [3.8, 4) is 0 Å². The molecule has 1 heterocycles. The molecule has 0 bridgehead atoms. The second-order valence-electron chi connectivity index (χ2n) is 4.74. The molecular formula is C16H15ClN2O4. The lowest BCUT2D eigenvalue weighted by atomic mass is 10.1. The van der Waals surface area contributed by atoms with Crippen molar-refractivity contribution >= 4 is 29.3 Å². The van der Waals surface area contributed by atoms with Gasteiger partial charge in [0.2, 0.25) is 0 Å². The van der Waals surface area contributed by atoms with E-state index in [1.165, 1.54) is 19.2 Å². The van der Waals surface area contributed by atoms with Crippen molar-refractivity contribution < 1.29 is 19.4 Å². The zero-order valence-electron chi connectivity index (χ0n) is 12.3. The quantitative estimate of drug-likeness (QED) is 0.819. The first-order valence-electron chi connectivity index (χ1n) is 6.83. The number of carbonyl (C=O) groups is 2. The SMILES string of the molecule is C[C@H](OC(=O)[C@@H](O)c1ccccc1)C(=O)Nc1ccc(Cl)cn1. The van der Waals surface area contributed by atoms with Crippen molar-refractivity contribution in [2.75, 3.05) is 5.32 Å². The lowest BCUT2D eigenvalue weighted by molar-refractivity contribution is -0.162. The van der Waals surface area contributed by atoms with E-state index in [2.05, 4.69) is 10.3 Å². The number of pyridine rings is 1. The van der Waals surface area contributed by atoms with E-state index >= 15 is 0 Å². The number of hydrogen-bond donors (Lipinski definition) is 2. The molecule has 7 heteroatoms. The number of carbonyl (C=O) groups excluding carboxylic acids is 2. The van der Waals surface area contributed by atoms with E-state index in [1.807, 2.05) is 0 Å². The number of nitrogens with zero attached hydrogens (tertiary/aromatic N) is 1. The molecule has 0 unspecified atom stereocenters. The summed E-state index contributed by atoms with van der Waals surface area (Å²) >= 11 is 5.70. The minimum atomic E-state index is -1.44. The Morgan fingerprint density at radius 3 is 2.52 bits per heavy atom. The Kier molecular flexibility index (Phi) is 5.67. The Labute approximate surface area is 138 Å². The van der Waals surface area contributed by atoms with E-state index in [9.17, 15) is 14.7 Å². The van der Waals surface area contributed by atoms with Crippen LogP contribution in [0.25, 0.3) is 0 Å². The molecule has 1 aromatic heterocycles. The molecule has 23 heavy (non-hydrogen) atoms. The maximum atomic E-state index is 11.9. The predicted molar refractivity (Wildman–Crippen MR) is 84.8 cm³/mol. The van der Waals surface area contributed by atoms with E-state index in [-0.39, 0.29) is 5.82 Å². The lowest BCUT2D eigenvalue weighted by Gasteiger charge is -2.16. The monoisotopic (exact) mass is 334 g/mol. The number of ether oxygens (including phenoxy) is 1. The van der Waals surface area contributed by atoms with E-state index < -0.39 is 24.1 Å². The molecule has 6 nitrogen and oxygen atoms in total. The molecule has 1 amide bonds.